The Bertz CT molecular complexity index is 1160. The van der Waals surface area contributed by atoms with Gasteiger partial charge in [0.2, 0.25) is 0 Å². The summed E-state index contributed by atoms with van der Waals surface area (Å²) in [4.78, 5) is -2.35. The Morgan fingerprint density at radius 2 is 1.24 bits per heavy atom. The van der Waals surface area contributed by atoms with E-state index >= 15 is 0 Å². The van der Waals surface area contributed by atoms with Crippen molar-refractivity contribution in [3.8, 4) is 0 Å². The maximum Gasteiger partial charge on any atom is 0.519 e. The van der Waals surface area contributed by atoms with E-state index in [9.17, 15) is 47.8 Å². The monoisotopic (exact) mass is 583 g/mol. The second-order valence-corrected chi connectivity index (χ2v) is 13.9. The van der Waals surface area contributed by atoms with Crippen LogP contribution < -0.4 is 0 Å². The first-order chi connectivity index (χ1) is 17.0. The molecule has 1 aromatic rings. The van der Waals surface area contributed by atoms with Gasteiger partial charge in [0, 0.05) is 0 Å². The Balaban J connectivity index is 1.84. The molecule has 0 saturated heterocycles. The SMILES string of the molecule is CCCC1CCC(C2CCC(c3cc(F)c(S(=O)(=NS(=O)(=O)C(F)(F)F)C(F)(F)F)c(F)c3)CC2)CC1. The summed E-state index contributed by atoms with van der Waals surface area (Å²) in [5.74, 6) is -2.80. The molecule has 212 valence electrons. The van der Waals surface area contributed by atoms with Crippen molar-refractivity contribution in [2.75, 3.05) is 0 Å². The van der Waals surface area contributed by atoms with Gasteiger partial charge in [0.05, 0.1) is 0 Å². The third-order valence-electron chi connectivity index (χ3n) is 7.60. The van der Waals surface area contributed by atoms with Crippen LogP contribution in [0.1, 0.15) is 82.6 Å². The van der Waals surface area contributed by atoms with E-state index in [0.717, 1.165) is 38.0 Å². The summed E-state index contributed by atoms with van der Waals surface area (Å²) < 4.78 is 144. The van der Waals surface area contributed by atoms with Gasteiger partial charge < -0.3 is 0 Å². The average molecular weight is 584 g/mol. The van der Waals surface area contributed by atoms with E-state index in [1.165, 1.54) is 23.0 Å². The number of hydrogen-bond donors (Lipinski definition) is 0. The Hall–Kier alpha value is -1.44. The molecule has 0 heterocycles. The molecule has 0 amide bonds. The number of sulfonamides is 1. The molecule has 3 rings (SSSR count). The summed E-state index contributed by atoms with van der Waals surface area (Å²) in [5.41, 5.74) is -12.7. The van der Waals surface area contributed by atoms with Gasteiger partial charge >= 0.3 is 21.0 Å². The number of alkyl halides is 6. The highest BCUT2D eigenvalue weighted by atomic mass is 32.3. The van der Waals surface area contributed by atoms with Crippen LogP contribution >= 0.6 is 0 Å². The molecule has 14 heteroatoms. The topological polar surface area (TPSA) is 63.6 Å². The van der Waals surface area contributed by atoms with Crippen molar-refractivity contribution in [1.29, 1.82) is 0 Å². The largest absolute Gasteiger partial charge is 0.519 e. The Morgan fingerprint density at radius 3 is 1.65 bits per heavy atom. The number of benzene rings is 1. The van der Waals surface area contributed by atoms with Crippen molar-refractivity contribution in [2.24, 2.45) is 21.5 Å². The van der Waals surface area contributed by atoms with Crippen LogP contribution in [0.2, 0.25) is 0 Å². The van der Waals surface area contributed by atoms with Gasteiger partial charge in [0.25, 0.3) is 0 Å². The number of halogens is 8. The second-order valence-electron chi connectivity index (χ2n) is 9.96. The number of rotatable bonds is 6. The third-order valence-corrected chi connectivity index (χ3v) is 11.4. The summed E-state index contributed by atoms with van der Waals surface area (Å²) in [6.45, 7) is 2.16. The van der Waals surface area contributed by atoms with E-state index in [1.807, 2.05) is 0 Å². The maximum absolute atomic E-state index is 14.8. The number of nitrogens with zero attached hydrogens (tertiary/aromatic N) is 1. The van der Waals surface area contributed by atoms with E-state index in [0.29, 0.717) is 36.8 Å². The fourth-order valence-electron chi connectivity index (χ4n) is 5.74. The lowest BCUT2D eigenvalue weighted by Crippen LogP contribution is -2.30. The van der Waals surface area contributed by atoms with Crippen LogP contribution in [0.25, 0.3) is 0 Å². The molecule has 1 unspecified atom stereocenters. The highest BCUT2D eigenvalue weighted by Gasteiger charge is 2.54. The van der Waals surface area contributed by atoms with Crippen LogP contribution in [0, 0.1) is 29.4 Å². The summed E-state index contributed by atoms with van der Waals surface area (Å²) in [5, 5.41) is 0. The van der Waals surface area contributed by atoms with Crippen LogP contribution in [0.5, 0.6) is 0 Å². The fourth-order valence-corrected chi connectivity index (χ4v) is 8.69. The smallest absolute Gasteiger partial charge is 0.234 e. The molecule has 1 atom stereocenters. The van der Waals surface area contributed by atoms with Crippen molar-refractivity contribution >= 4 is 19.8 Å². The van der Waals surface area contributed by atoms with Crippen molar-refractivity contribution in [2.45, 2.75) is 93.0 Å². The molecule has 2 aliphatic rings. The quantitative estimate of drug-likeness (QED) is 0.319. The lowest BCUT2D eigenvalue weighted by Gasteiger charge is -2.38. The zero-order valence-electron chi connectivity index (χ0n) is 20.0. The lowest BCUT2D eigenvalue weighted by molar-refractivity contribution is -0.0443. The third kappa shape index (κ3) is 6.42. The first kappa shape index (κ1) is 30.1. The van der Waals surface area contributed by atoms with E-state index in [-0.39, 0.29) is 5.56 Å². The minimum absolute atomic E-state index is 0.0218. The summed E-state index contributed by atoms with van der Waals surface area (Å²) in [6, 6.07) is 0.973. The first-order valence-corrected chi connectivity index (χ1v) is 15.1. The van der Waals surface area contributed by atoms with Gasteiger partial charge in [-0.2, -0.15) is 34.8 Å². The van der Waals surface area contributed by atoms with Gasteiger partial charge in [-0.1, -0.05) is 36.4 Å². The predicted molar refractivity (Wildman–Crippen MR) is 121 cm³/mol. The fraction of sp³-hybridized carbons (Fsp3) is 0.739. The molecule has 0 N–H and O–H groups in total. The van der Waals surface area contributed by atoms with Crippen LogP contribution in [0.4, 0.5) is 35.1 Å². The predicted octanol–water partition coefficient (Wildman–Crippen LogP) is 8.04. The van der Waals surface area contributed by atoms with Gasteiger partial charge in [-0.25, -0.2) is 13.0 Å². The van der Waals surface area contributed by atoms with Gasteiger partial charge in [0.1, 0.15) is 16.5 Å². The van der Waals surface area contributed by atoms with E-state index in [2.05, 4.69) is 6.92 Å². The van der Waals surface area contributed by atoms with Crippen LogP contribution in [-0.2, 0) is 19.8 Å². The minimum atomic E-state index is -6.98. The molecule has 4 nitrogen and oxygen atoms in total. The van der Waals surface area contributed by atoms with Crippen LogP contribution in [0.15, 0.2) is 20.8 Å². The van der Waals surface area contributed by atoms with Crippen LogP contribution in [0.3, 0.4) is 0 Å². The first-order valence-electron chi connectivity index (χ1n) is 12.1. The molecule has 37 heavy (non-hydrogen) atoms. The molecule has 0 aromatic heterocycles. The van der Waals surface area contributed by atoms with Gasteiger partial charge in [0.15, 0.2) is 9.73 Å². The van der Waals surface area contributed by atoms with Gasteiger partial charge in [-0.15, -0.1) is 0 Å². The van der Waals surface area contributed by atoms with Crippen molar-refractivity contribution in [1.82, 2.24) is 0 Å². The lowest BCUT2D eigenvalue weighted by atomic mass is 9.68. The zero-order valence-corrected chi connectivity index (χ0v) is 21.7. The Morgan fingerprint density at radius 1 is 0.784 bits per heavy atom. The molecule has 0 radical (unpaired) electrons. The Labute approximate surface area is 211 Å². The van der Waals surface area contributed by atoms with Gasteiger partial charge in [-0.3, -0.25) is 0 Å². The normalized spacial score (nSPS) is 27.5. The highest BCUT2D eigenvalue weighted by Crippen LogP contribution is 2.46. The molecule has 0 bridgehead atoms. The zero-order chi connectivity index (χ0) is 27.8. The van der Waals surface area contributed by atoms with E-state index < -0.39 is 53.2 Å². The summed E-state index contributed by atoms with van der Waals surface area (Å²) in [7, 11) is -13.7. The molecule has 2 saturated carbocycles. The molecular formula is C23H29F8NO3S2. The maximum atomic E-state index is 14.8. The average Bonchev–Trinajstić information content (AvgIpc) is 2.77. The van der Waals surface area contributed by atoms with E-state index in [1.54, 1.807) is 0 Å². The minimum Gasteiger partial charge on any atom is -0.234 e. The molecular weight excluding hydrogens is 554 g/mol. The second kappa shape index (κ2) is 11.0. The molecule has 2 fully saturated rings. The van der Waals surface area contributed by atoms with Crippen molar-refractivity contribution < 1.29 is 47.8 Å². The van der Waals surface area contributed by atoms with Crippen molar-refractivity contribution in [3.63, 3.8) is 0 Å². The molecule has 0 spiro atoms. The highest BCUT2D eigenvalue weighted by molar-refractivity contribution is 8.04. The van der Waals surface area contributed by atoms with Crippen LogP contribution in [-0.4, -0.2) is 23.6 Å². The number of hydrogen-bond acceptors (Lipinski definition) is 3. The van der Waals surface area contributed by atoms with Crippen molar-refractivity contribution in [3.05, 3.63) is 29.3 Å². The van der Waals surface area contributed by atoms with Gasteiger partial charge in [-0.05, 0) is 79.9 Å². The van der Waals surface area contributed by atoms with E-state index in [4.69, 9.17) is 0 Å². The molecule has 1 aromatic carbocycles. The summed E-state index contributed by atoms with van der Waals surface area (Å²) >= 11 is 0. The molecule has 2 aliphatic carbocycles. The Kier molecular flexibility index (Phi) is 8.93. The standard InChI is InChI=1S/C23H29F8NO3S2/c1-2-3-14-4-6-15(7-5-14)16-8-10-17(11-9-16)18-12-19(24)21(20(25)13-18)36(33,22(26,27)28)32-37(34,35)23(29,30)31/h12-17H,2-11H2,1H3. The summed E-state index contributed by atoms with van der Waals surface area (Å²) in [6.07, 6.45) is 9.49. The molecule has 0 aliphatic heterocycles.